The van der Waals surface area contributed by atoms with Crippen LogP contribution in [0.5, 0.6) is 0 Å². The van der Waals surface area contributed by atoms with Gasteiger partial charge in [0.25, 0.3) is 0 Å². The van der Waals surface area contributed by atoms with Gasteiger partial charge in [0.2, 0.25) is 0 Å². The summed E-state index contributed by atoms with van der Waals surface area (Å²) in [5, 5.41) is 3.89. The van der Waals surface area contributed by atoms with Crippen molar-refractivity contribution in [2.45, 2.75) is 57.5 Å². The van der Waals surface area contributed by atoms with Crippen molar-refractivity contribution in [1.82, 2.24) is 5.32 Å². The van der Waals surface area contributed by atoms with Crippen molar-refractivity contribution in [3.8, 4) is 0 Å². The first-order valence-electron chi connectivity index (χ1n) is 7.24. The van der Waals surface area contributed by atoms with E-state index in [4.69, 9.17) is 0 Å². The standard InChI is InChI=1S/C16H22BrN/c1-11-2-6-15(8-11)18-16-7-4-12-9-14(17)5-3-13(12)10-16/h3,5,9,11,15-16,18H,2,4,6-8,10H2,1H3. The van der Waals surface area contributed by atoms with Gasteiger partial charge in [-0.3, -0.25) is 0 Å². The average molecular weight is 308 g/mol. The zero-order chi connectivity index (χ0) is 12.5. The molecular formula is C16H22BrN. The van der Waals surface area contributed by atoms with Crippen LogP contribution in [-0.4, -0.2) is 12.1 Å². The van der Waals surface area contributed by atoms with Crippen molar-refractivity contribution in [3.05, 3.63) is 33.8 Å². The fourth-order valence-corrected chi connectivity index (χ4v) is 3.97. The van der Waals surface area contributed by atoms with Crippen LogP contribution in [0, 0.1) is 5.92 Å². The molecule has 2 heteroatoms. The minimum absolute atomic E-state index is 0.703. The molecule has 0 bridgehead atoms. The van der Waals surface area contributed by atoms with E-state index in [1.807, 2.05) is 0 Å². The summed E-state index contributed by atoms with van der Waals surface area (Å²) in [6.45, 7) is 2.38. The number of benzene rings is 1. The maximum absolute atomic E-state index is 3.89. The number of halogens is 1. The van der Waals surface area contributed by atoms with Gasteiger partial charge in [-0.25, -0.2) is 0 Å². The Morgan fingerprint density at radius 3 is 2.78 bits per heavy atom. The fourth-order valence-electron chi connectivity index (χ4n) is 3.56. The molecule has 18 heavy (non-hydrogen) atoms. The topological polar surface area (TPSA) is 12.0 Å². The highest BCUT2D eigenvalue weighted by Crippen LogP contribution is 2.28. The molecule has 0 spiro atoms. The van der Waals surface area contributed by atoms with Crippen LogP contribution in [-0.2, 0) is 12.8 Å². The predicted octanol–water partition coefficient (Wildman–Crippen LogP) is 4.08. The predicted molar refractivity (Wildman–Crippen MR) is 79.9 cm³/mol. The van der Waals surface area contributed by atoms with Gasteiger partial charge in [-0.1, -0.05) is 28.9 Å². The molecule has 1 nitrogen and oxygen atoms in total. The second kappa shape index (κ2) is 5.34. The molecule has 3 atom stereocenters. The normalized spacial score (nSPS) is 31.3. The monoisotopic (exact) mass is 307 g/mol. The smallest absolute Gasteiger partial charge is 0.0178 e. The van der Waals surface area contributed by atoms with Crippen LogP contribution < -0.4 is 5.32 Å². The lowest BCUT2D eigenvalue weighted by atomic mass is 9.88. The Kier molecular flexibility index (Phi) is 3.76. The Hall–Kier alpha value is -0.340. The van der Waals surface area contributed by atoms with Gasteiger partial charge in [0.05, 0.1) is 0 Å². The zero-order valence-electron chi connectivity index (χ0n) is 11.1. The molecule has 3 rings (SSSR count). The molecule has 2 aliphatic rings. The van der Waals surface area contributed by atoms with E-state index in [2.05, 4.69) is 46.4 Å². The van der Waals surface area contributed by atoms with Crippen LogP contribution in [0.25, 0.3) is 0 Å². The van der Waals surface area contributed by atoms with E-state index in [1.165, 1.54) is 43.0 Å². The van der Waals surface area contributed by atoms with Gasteiger partial charge < -0.3 is 5.32 Å². The van der Waals surface area contributed by atoms with Crippen LogP contribution in [0.3, 0.4) is 0 Å². The van der Waals surface area contributed by atoms with Crippen molar-refractivity contribution in [2.24, 2.45) is 5.92 Å². The molecule has 0 radical (unpaired) electrons. The number of aryl methyl sites for hydroxylation is 1. The molecule has 0 heterocycles. The third kappa shape index (κ3) is 2.80. The molecule has 0 aliphatic heterocycles. The number of fused-ring (bicyclic) bond motifs is 1. The highest BCUT2D eigenvalue weighted by Gasteiger charge is 2.25. The van der Waals surface area contributed by atoms with Gasteiger partial charge in [-0.2, -0.15) is 0 Å². The minimum atomic E-state index is 0.703. The Labute approximate surface area is 118 Å². The lowest BCUT2D eigenvalue weighted by Crippen LogP contribution is -2.40. The van der Waals surface area contributed by atoms with Gasteiger partial charge in [-0.15, -0.1) is 0 Å². The third-order valence-electron chi connectivity index (χ3n) is 4.56. The Balaban J connectivity index is 1.62. The third-order valence-corrected chi connectivity index (χ3v) is 5.06. The van der Waals surface area contributed by atoms with Crippen LogP contribution in [0.15, 0.2) is 22.7 Å². The molecule has 2 aliphatic carbocycles. The van der Waals surface area contributed by atoms with Crippen molar-refractivity contribution in [3.63, 3.8) is 0 Å². The summed E-state index contributed by atoms with van der Waals surface area (Å²) >= 11 is 3.57. The van der Waals surface area contributed by atoms with E-state index in [-0.39, 0.29) is 0 Å². The van der Waals surface area contributed by atoms with Gasteiger partial charge in [-0.05, 0) is 67.7 Å². The maximum Gasteiger partial charge on any atom is 0.0178 e. The van der Waals surface area contributed by atoms with Gasteiger partial charge in [0.1, 0.15) is 0 Å². The first-order chi connectivity index (χ1) is 8.70. The van der Waals surface area contributed by atoms with E-state index in [9.17, 15) is 0 Å². The first-order valence-corrected chi connectivity index (χ1v) is 8.03. The van der Waals surface area contributed by atoms with E-state index >= 15 is 0 Å². The van der Waals surface area contributed by atoms with Gasteiger partial charge in [0, 0.05) is 16.6 Å². The zero-order valence-corrected chi connectivity index (χ0v) is 12.7. The number of hydrogen-bond acceptors (Lipinski definition) is 1. The summed E-state index contributed by atoms with van der Waals surface area (Å²) in [5.41, 5.74) is 3.09. The Morgan fingerprint density at radius 1 is 1.11 bits per heavy atom. The quantitative estimate of drug-likeness (QED) is 0.868. The largest absolute Gasteiger partial charge is 0.311 e. The summed E-state index contributed by atoms with van der Waals surface area (Å²) in [4.78, 5) is 0. The molecule has 3 unspecified atom stereocenters. The molecule has 98 valence electrons. The molecule has 1 aromatic carbocycles. The summed E-state index contributed by atoms with van der Waals surface area (Å²) < 4.78 is 1.22. The summed E-state index contributed by atoms with van der Waals surface area (Å²) in [5.74, 6) is 0.925. The van der Waals surface area contributed by atoms with Crippen LogP contribution in [0.4, 0.5) is 0 Å². The van der Waals surface area contributed by atoms with Crippen LogP contribution in [0.2, 0.25) is 0 Å². The molecular weight excluding hydrogens is 286 g/mol. The highest BCUT2D eigenvalue weighted by atomic mass is 79.9. The van der Waals surface area contributed by atoms with Crippen LogP contribution >= 0.6 is 15.9 Å². The Bertz CT molecular complexity index is 429. The molecule has 1 N–H and O–H groups in total. The molecule has 1 aromatic rings. The highest BCUT2D eigenvalue weighted by molar-refractivity contribution is 9.10. The lowest BCUT2D eigenvalue weighted by Gasteiger charge is -2.28. The molecule has 0 saturated heterocycles. The van der Waals surface area contributed by atoms with Gasteiger partial charge >= 0.3 is 0 Å². The van der Waals surface area contributed by atoms with E-state index in [0.717, 1.165) is 12.0 Å². The molecule has 0 aromatic heterocycles. The van der Waals surface area contributed by atoms with Crippen molar-refractivity contribution < 1.29 is 0 Å². The summed E-state index contributed by atoms with van der Waals surface area (Å²) in [6, 6.07) is 8.25. The molecule has 1 fully saturated rings. The minimum Gasteiger partial charge on any atom is -0.311 e. The number of rotatable bonds is 2. The van der Waals surface area contributed by atoms with Crippen LogP contribution in [0.1, 0.15) is 43.7 Å². The van der Waals surface area contributed by atoms with Crippen molar-refractivity contribution in [1.29, 1.82) is 0 Å². The number of hydrogen-bond donors (Lipinski definition) is 1. The molecule has 0 amide bonds. The fraction of sp³-hybridized carbons (Fsp3) is 0.625. The second-order valence-electron chi connectivity index (χ2n) is 6.13. The van der Waals surface area contributed by atoms with E-state index in [0.29, 0.717) is 6.04 Å². The lowest BCUT2D eigenvalue weighted by molar-refractivity contribution is 0.389. The molecule has 1 saturated carbocycles. The van der Waals surface area contributed by atoms with Gasteiger partial charge in [0.15, 0.2) is 0 Å². The maximum atomic E-state index is 3.89. The summed E-state index contributed by atoms with van der Waals surface area (Å²) in [7, 11) is 0. The second-order valence-corrected chi connectivity index (χ2v) is 7.05. The Morgan fingerprint density at radius 2 is 2.00 bits per heavy atom. The first kappa shape index (κ1) is 12.7. The van der Waals surface area contributed by atoms with E-state index < -0.39 is 0 Å². The van der Waals surface area contributed by atoms with Crippen molar-refractivity contribution in [2.75, 3.05) is 0 Å². The SMILES string of the molecule is CC1CCC(NC2CCc3cc(Br)ccc3C2)C1. The van der Waals surface area contributed by atoms with E-state index in [1.54, 1.807) is 11.1 Å². The average Bonchev–Trinajstić information content (AvgIpc) is 2.75. The number of nitrogens with one attached hydrogen (secondary N) is 1. The summed E-state index contributed by atoms with van der Waals surface area (Å²) in [6.07, 6.45) is 7.92. The van der Waals surface area contributed by atoms with Crippen molar-refractivity contribution >= 4 is 15.9 Å².